The van der Waals surface area contributed by atoms with E-state index >= 15 is 0 Å². The maximum Gasteiger partial charge on any atom is 0.227 e. The van der Waals surface area contributed by atoms with E-state index < -0.39 is 5.41 Å². The van der Waals surface area contributed by atoms with Crippen LogP contribution in [0.3, 0.4) is 0 Å². The molecule has 11 rings (SSSR count). The summed E-state index contributed by atoms with van der Waals surface area (Å²) in [5.74, 6) is 0.643. The van der Waals surface area contributed by atoms with E-state index in [0.29, 0.717) is 5.89 Å². The van der Waals surface area contributed by atoms with Gasteiger partial charge < -0.3 is 4.42 Å². The van der Waals surface area contributed by atoms with Crippen LogP contribution in [0.2, 0.25) is 0 Å². The second-order valence-corrected chi connectivity index (χ2v) is 13.9. The molecular formula is C50H31NO. The highest BCUT2D eigenvalue weighted by Gasteiger charge is 2.46. The predicted molar refractivity (Wildman–Crippen MR) is 215 cm³/mol. The molecule has 9 aromatic carbocycles. The van der Waals surface area contributed by atoms with Crippen molar-refractivity contribution >= 4 is 43.4 Å². The summed E-state index contributed by atoms with van der Waals surface area (Å²) in [7, 11) is 0. The Morgan fingerprint density at radius 2 is 1.00 bits per heavy atom. The molecule has 0 bridgehead atoms. The number of nitrogens with zero attached hydrogens (tertiary/aromatic N) is 1. The maximum absolute atomic E-state index is 6.50. The third-order valence-corrected chi connectivity index (χ3v) is 11.1. The van der Waals surface area contributed by atoms with Crippen molar-refractivity contribution < 1.29 is 4.42 Å². The van der Waals surface area contributed by atoms with Crippen molar-refractivity contribution in [1.82, 2.24) is 4.98 Å². The number of hydrogen-bond acceptors (Lipinski definition) is 2. The van der Waals surface area contributed by atoms with Gasteiger partial charge in [-0.3, -0.25) is 0 Å². The van der Waals surface area contributed by atoms with E-state index in [9.17, 15) is 0 Å². The first-order valence-corrected chi connectivity index (χ1v) is 17.9. The lowest BCUT2D eigenvalue weighted by atomic mass is 9.67. The second-order valence-electron chi connectivity index (χ2n) is 13.9. The molecule has 52 heavy (non-hydrogen) atoms. The lowest BCUT2D eigenvalue weighted by Crippen LogP contribution is -2.28. The largest absolute Gasteiger partial charge is 0.435 e. The molecule has 1 aromatic heterocycles. The van der Waals surface area contributed by atoms with Crippen molar-refractivity contribution in [1.29, 1.82) is 0 Å². The molecule has 0 saturated heterocycles. The highest BCUT2D eigenvalue weighted by Crippen LogP contribution is 2.57. The monoisotopic (exact) mass is 661 g/mol. The van der Waals surface area contributed by atoms with Crippen molar-refractivity contribution in [2.45, 2.75) is 5.41 Å². The number of rotatable bonds is 4. The molecule has 2 heteroatoms. The summed E-state index contributed by atoms with van der Waals surface area (Å²) in [6.45, 7) is 0. The summed E-state index contributed by atoms with van der Waals surface area (Å²) >= 11 is 0. The van der Waals surface area contributed by atoms with E-state index in [2.05, 4.69) is 158 Å². The number of aromatic nitrogens is 1. The Morgan fingerprint density at radius 1 is 0.404 bits per heavy atom. The molecule has 0 fully saturated rings. The van der Waals surface area contributed by atoms with Crippen LogP contribution in [0.5, 0.6) is 0 Å². The van der Waals surface area contributed by atoms with Crippen molar-refractivity contribution in [2.24, 2.45) is 0 Å². The second kappa shape index (κ2) is 11.1. The van der Waals surface area contributed by atoms with Crippen molar-refractivity contribution in [3.05, 3.63) is 210 Å². The summed E-state index contributed by atoms with van der Waals surface area (Å²) in [5.41, 5.74) is 12.3. The molecule has 1 heterocycles. The molecule has 1 aliphatic rings. The van der Waals surface area contributed by atoms with Gasteiger partial charge in [-0.1, -0.05) is 146 Å². The van der Waals surface area contributed by atoms with Crippen LogP contribution >= 0.6 is 0 Å². The molecule has 0 saturated carbocycles. The van der Waals surface area contributed by atoms with Gasteiger partial charge in [-0.05, 0) is 114 Å². The van der Waals surface area contributed by atoms with Crippen LogP contribution in [-0.4, -0.2) is 4.98 Å². The van der Waals surface area contributed by atoms with Gasteiger partial charge in [-0.2, -0.15) is 0 Å². The minimum Gasteiger partial charge on any atom is -0.435 e. The molecule has 0 unspecified atom stereocenters. The summed E-state index contributed by atoms with van der Waals surface area (Å²) in [5, 5.41) is 7.07. The molecule has 0 N–H and O–H groups in total. The van der Waals surface area contributed by atoms with E-state index in [0.717, 1.165) is 32.8 Å². The number of fused-ring (bicyclic) bond motifs is 9. The quantitative estimate of drug-likeness (QED) is 0.175. The molecule has 2 nitrogen and oxygen atoms in total. The van der Waals surface area contributed by atoms with Crippen molar-refractivity contribution in [3.63, 3.8) is 0 Å². The van der Waals surface area contributed by atoms with E-state index in [4.69, 9.17) is 9.40 Å². The minimum atomic E-state index is -0.478. The molecule has 0 aliphatic heterocycles. The standard InChI is InChI=1S/C50H31NO/c1-4-12-33(13-5-1)49-51-46-27-24-32-20-21-38-28-36(22-25-41(38)47(32)48(46)52-49)37-23-26-42-43-29-34-14-10-11-15-35(34)30-45(43)50(44(42)31-37,39-16-6-2-7-17-39)40-18-8-3-9-19-40/h1-31H. The average molecular weight is 662 g/mol. The van der Waals surface area contributed by atoms with Crippen LogP contribution in [0.25, 0.3) is 77.1 Å². The van der Waals surface area contributed by atoms with Gasteiger partial charge in [0.05, 0.1) is 5.41 Å². The van der Waals surface area contributed by atoms with Gasteiger partial charge in [0.25, 0.3) is 0 Å². The lowest BCUT2D eigenvalue weighted by molar-refractivity contribution is 0.623. The summed E-state index contributed by atoms with van der Waals surface area (Å²) < 4.78 is 6.50. The minimum absolute atomic E-state index is 0.478. The third kappa shape index (κ3) is 4.15. The van der Waals surface area contributed by atoms with Gasteiger partial charge >= 0.3 is 0 Å². The molecule has 0 atom stereocenters. The molecule has 1 aliphatic carbocycles. The Labute approximate surface area is 301 Å². The fourth-order valence-electron chi connectivity index (χ4n) is 8.77. The smallest absolute Gasteiger partial charge is 0.227 e. The predicted octanol–water partition coefficient (Wildman–Crippen LogP) is 13.0. The SMILES string of the molecule is c1ccc(-c2nc3ccc4ccc5cc(-c6ccc7c(c6)C(c6ccccc6)(c6ccccc6)c6cc8ccccc8cc6-7)ccc5c4c3o2)cc1. The van der Waals surface area contributed by atoms with Gasteiger partial charge in [0.1, 0.15) is 5.52 Å². The maximum atomic E-state index is 6.50. The summed E-state index contributed by atoms with van der Waals surface area (Å²) in [6.07, 6.45) is 0. The van der Waals surface area contributed by atoms with Crippen molar-refractivity contribution in [3.8, 4) is 33.7 Å². The number of benzene rings is 9. The fraction of sp³-hybridized carbons (Fsp3) is 0.0200. The number of hydrogen-bond donors (Lipinski definition) is 0. The Hall–Kier alpha value is -6.77. The highest BCUT2D eigenvalue weighted by molar-refractivity contribution is 6.18. The molecule has 0 amide bonds. The lowest BCUT2D eigenvalue weighted by Gasteiger charge is -2.34. The van der Waals surface area contributed by atoms with Crippen LogP contribution in [-0.2, 0) is 5.41 Å². The molecule has 242 valence electrons. The van der Waals surface area contributed by atoms with Crippen LogP contribution in [0.1, 0.15) is 22.3 Å². The topological polar surface area (TPSA) is 26.0 Å². The molecule has 0 radical (unpaired) electrons. The van der Waals surface area contributed by atoms with E-state index in [1.807, 2.05) is 30.3 Å². The Balaban J connectivity index is 1.13. The molecule has 10 aromatic rings. The van der Waals surface area contributed by atoms with Crippen LogP contribution < -0.4 is 0 Å². The van der Waals surface area contributed by atoms with Crippen LogP contribution in [0, 0.1) is 0 Å². The van der Waals surface area contributed by atoms with E-state index in [1.54, 1.807) is 0 Å². The molecule has 0 spiro atoms. The van der Waals surface area contributed by atoms with E-state index in [-0.39, 0.29) is 0 Å². The average Bonchev–Trinajstić information content (AvgIpc) is 3.78. The van der Waals surface area contributed by atoms with Crippen molar-refractivity contribution in [2.75, 3.05) is 0 Å². The van der Waals surface area contributed by atoms with Gasteiger partial charge in [0.15, 0.2) is 5.58 Å². The first-order chi connectivity index (χ1) is 25.8. The zero-order chi connectivity index (χ0) is 34.2. The third-order valence-electron chi connectivity index (χ3n) is 11.1. The zero-order valence-corrected chi connectivity index (χ0v) is 28.3. The molecular weight excluding hydrogens is 631 g/mol. The Morgan fingerprint density at radius 3 is 1.75 bits per heavy atom. The zero-order valence-electron chi connectivity index (χ0n) is 28.3. The van der Waals surface area contributed by atoms with Gasteiger partial charge in [0.2, 0.25) is 5.89 Å². The van der Waals surface area contributed by atoms with Gasteiger partial charge in [-0.15, -0.1) is 0 Å². The first kappa shape index (κ1) is 29.0. The van der Waals surface area contributed by atoms with Gasteiger partial charge in [0, 0.05) is 10.9 Å². The Kier molecular flexibility index (Phi) is 6.20. The summed E-state index contributed by atoms with van der Waals surface area (Å²) in [4.78, 5) is 4.87. The fourth-order valence-corrected chi connectivity index (χ4v) is 8.77. The first-order valence-electron chi connectivity index (χ1n) is 17.9. The Bertz CT molecular complexity index is 2960. The van der Waals surface area contributed by atoms with Gasteiger partial charge in [-0.25, -0.2) is 4.98 Å². The van der Waals surface area contributed by atoms with Crippen LogP contribution in [0.15, 0.2) is 192 Å². The highest BCUT2D eigenvalue weighted by atomic mass is 16.3. The number of oxazole rings is 1. The van der Waals surface area contributed by atoms with Crippen LogP contribution in [0.4, 0.5) is 0 Å². The van der Waals surface area contributed by atoms with E-state index in [1.165, 1.54) is 60.7 Å². The summed E-state index contributed by atoms with van der Waals surface area (Å²) in [6, 6.07) is 68.4. The normalized spacial score (nSPS) is 13.2.